The van der Waals surface area contributed by atoms with Crippen LogP contribution in [0.15, 0.2) is 212 Å². The second-order valence-electron chi connectivity index (χ2n) is 16.8. The molecule has 0 radical (unpaired) electrons. The highest BCUT2D eigenvalue weighted by Gasteiger charge is 2.50. The van der Waals surface area contributed by atoms with Crippen LogP contribution in [0.3, 0.4) is 0 Å². The van der Waals surface area contributed by atoms with Gasteiger partial charge in [-0.05, 0) is 125 Å². The molecule has 9 aromatic carbocycles. The summed E-state index contributed by atoms with van der Waals surface area (Å²) in [6.07, 6.45) is 0. The van der Waals surface area contributed by atoms with Crippen LogP contribution >= 0.6 is 0 Å². The lowest BCUT2D eigenvalue weighted by atomic mass is 9.66. The molecule has 3 aliphatic carbocycles. The van der Waals surface area contributed by atoms with Crippen molar-refractivity contribution in [3.05, 3.63) is 246 Å². The van der Waals surface area contributed by atoms with E-state index in [9.17, 15) is 0 Å². The molecule has 0 atom stereocenters. The van der Waals surface area contributed by atoms with Crippen molar-refractivity contribution in [1.29, 1.82) is 0 Å². The number of anilines is 3. The van der Waals surface area contributed by atoms with E-state index < -0.39 is 5.41 Å². The highest BCUT2D eigenvalue weighted by molar-refractivity contribution is 5.98. The summed E-state index contributed by atoms with van der Waals surface area (Å²) in [6.45, 7) is 4.74. The van der Waals surface area contributed by atoms with Gasteiger partial charge in [0.1, 0.15) is 0 Å². The fourth-order valence-electron chi connectivity index (χ4n) is 10.9. The standard InChI is InChI=1S/C58H41N.CH4.H2/c1-57(2)51-24-12-8-22-47(51)49-34-32-41(36-55(49)57)59(40-30-28-39(29-31-40)38-16-4-3-5-17-38)42-33-35-50-48-23-11-15-27-54(48)58(56(50)37-42)52-25-13-9-20-45(52)43-18-6-7-19-44(43)46-21-10-14-26-53(46)58;;/h3-37H,1-2H3;1H4;1H. The van der Waals surface area contributed by atoms with Gasteiger partial charge >= 0.3 is 0 Å². The second kappa shape index (κ2) is 13.4. The molecule has 0 saturated carbocycles. The van der Waals surface area contributed by atoms with Gasteiger partial charge in [0.15, 0.2) is 0 Å². The summed E-state index contributed by atoms with van der Waals surface area (Å²) < 4.78 is 0. The van der Waals surface area contributed by atoms with Gasteiger partial charge in [-0.2, -0.15) is 0 Å². The molecule has 3 aliphatic rings. The molecule has 0 bridgehead atoms. The Morgan fingerprint density at radius 1 is 0.300 bits per heavy atom. The quantitative estimate of drug-likeness (QED) is 0.172. The van der Waals surface area contributed by atoms with E-state index in [1.165, 1.54) is 89.0 Å². The molecular weight excluding hydrogens is 723 g/mol. The lowest BCUT2D eigenvalue weighted by Gasteiger charge is -2.36. The molecule has 0 fully saturated rings. The number of rotatable bonds is 4. The molecule has 0 amide bonds. The van der Waals surface area contributed by atoms with Gasteiger partial charge < -0.3 is 4.90 Å². The molecule has 0 N–H and O–H groups in total. The van der Waals surface area contributed by atoms with Crippen molar-refractivity contribution in [2.75, 3.05) is 4.90 Å². The van der Waals surface area contributed by atoms with Crippen molar-refractivity contribution >= 4 is 17.1 Å². The summed E-state index contributed by atoms with van der Waals surface area (Å²) >= 11 is 0. The topological polar surface area (TPSA) is 3.24 Å². The molecule has 60 heavy (non-hydrogen) atoms. The number of nitrogens with zero attached hydrogens (tertiary/aromatic N) is 1. The van der Waals surface area contributed by atoms with Gasteiger partial charge in [-0.3, -0.25) is 0 Å². The Labute approximate surface area is 355 Å². The fourth-order valence-corrected chi connectivity index (χ4v) is 10.9. The Bertz CT molecular complexity index is 3070. The molecule has 0 aromatic heterocycles. The third-order valence-corrected chi connectivity index (χ3v) is 13.5. The SMILES string of the molecule is C.CC1(C)c2ccccc2-c2ccc(N(c3ccc(-c4ccccc4)cc3)c3ccc4c(c3)C3(c5ccccc5-c5ccccc5-c5ccccc53)c3ccccc3-4)cc21.[HH]. The largest absolute Gasteiger partial charge is 0.310 e. The first-order valence-corrected chi connectivity index (χ1v) is 20.8. The minimum absolute atomic E-state index is 0. The van der Waals surface area contributed by atoms with Gasteiger partial charge in [-0.1, -0.05) is 197 Å². The van der Waals surface area contributed by atoms with Crippen molar-refractivity contribution in [1.82, 2.24) is 0 Å². The molecule has 1 nitrogen and oxygen atoms in total. The number of fused-ring (bicyclic) bond motifs is 15. The van der Waals surface area contributed by atoms with Gasteiger partial charge in [-0.25, -0.2) is 0 Å². The first-order valence-electron chi connectivity index (χ1n) is 20.8. The Morgan fingerprint density at radius 3 is 1.18 bits per heavy atom. The average molecular weight is 770 g/mol. The number of hydrogen-bond donors (Lipinski definition) is 0. The Morgan fingerprint density at radius 2 is 0.650 bits per heavy atom. The van der Waals surface area contributed by atoms with Crippen molar-refractivity contribution in [2.45, 2.75) is 32.1 Å². The molecule has 9 aromatic rings. The maximum absolute atomic E-state index is 2.51. The molecule has 0 saturated heterocycles. The summed E-state index contributed by atoms with van der Waals surface area (Å²) in [6, 6.07) is 79.5. The van der Waals surface area contributed by atoms with Crippen LogP contribution < -0.4 is 4.90 Å². The smallest absolute Gasteiger partial charge is 0.0726 e. The van der Waals surface area contributed by atoms with Crippen LogP contribution in [0.5, 0.6) is 0 Å². The fraction of sp³-hybridized carbons (Fsp3) is 0.0847. The first kappa shape index (κ1) is 35.9. The zero-order valence-electron chi connectivity index (χ0n) is 33.2. The van der Waals surface area contributed by atoms with Gasteiger partial charge in [0.2, 0.25) is 0 Å². The van der Waals surface area contributed by atoms with Gasteiger partial charge in [0.25, 0.3) is 0 Å². The minimum Gasteiger partial charge on any atom is -0.310 e. The van der Waals surface area contributed by atoms with Crippen molar-refractivity contribution in [2.24, 2.45) is 0 Å². The summed E-state index contributed by atoms with van der Waals surface area (Å²) in [5, 5.41) is 0. The maximum Gasteiger partial charge on any atom is 0.0726 e. The summed E-state index contributed by atoms with van der Waals surface area (Å²) in [5.74, 6) is 0. The molecule has 1 spiro atoms. The van der Waals surface area contributed by atoms with Crippen LogP contribution in [0.1, 0.15) is 56.1 Å². The first-order chi connectivity index (χ1) is 29.0. The highest BCUT2D eigenvalue weighted by atomic mass is 15.1. The molecule has 288 valence electrons. The summed E-state index contributed by atoms with van der Waals surface area (Å²) in [4.78, 5) is 2.48. The van der Waals surface area contributed by atoms with E-state index in [0.29, 0.717) is 0 Å². The monoisotopic (exact) mass is 769 g/mol. The molecule has 0 aliphatic heterocycles. The molecule has 0 heterocycles. The lowest BCUT2D eigenvalue weighted by Crippen LogP contribution is -2.29. The zero-order chi connectivity index (χ0) is 39.3. The Balaban J connectivity index is 0.00000223. The zero-order valence-corrected chi connectivity index (χ0v) is 33.2. The summed E-state index contributed by atoms with van der Waals surface area (Å²) in [7, 11) is 0. The molecular formula is C59H47N. The lowest BCUT2D eigenvalue weighted by molar-refractivity contribution is 0.660. The van der Waals surface area contributed by atoms with Crippen LogP contribution in [0.2, 0.25) is 0 Å². The van der Waals surface area contributed by atoms with Crippen molar-refractivity contribution in [3.63, 3.8) is 0 Å². The van der Waals surface area contributed by atoms with E-state index in [0.717, 1.165) is 17.1 Å². The van der Waals surface area contributed by atoms with Crippen molar-refractivity contribution in [3.8, 4) is 55.6 Å². The van der Waals surface area contributed by atoms with Crippen LogP contribution in [0, 0.1) is 0 Å². The van der Waals surface area contributed by atoms with Crippen LogP contribution in [0.25, 0.3) is 55.6 Å². The van der Waals surface area contributed by atoms with Gasteiger partial charge in [-0.15, -0.1) is 0 Å². The van der Waals surface area contributed by atoms with E-state index >= 15 is 0 Å². The van der Waals surface area contributed by atoms with Crippen LogP contribution in [-0.4, -0.2) is 0 Å². The minimum atomic E-state index is -0.557. The van der Waals surface area contributed by atoms with Crippen LogP contribution in [-0.2, 0) is 10.8 Å². The third kappa shape index (κ3) is 4.93. The average Bonchev–Trinajstić information content (AvgIpc) is 3.67. The normalized spacial score (nSPS) is 14.0. The van der Waals surface area contributed by atoms with Crippen LogP contribution in [0.4, 0.5) is 17.1 Å². The highest BCUT2D eigenvalue weighted by Crippen LogP contribution is 2.62. The van der Waals surface area contributed by atoms with Crippen molar-refractivity contribution < 1.29 is 1.43 Å². The third-order valence-electron chi connectivity index (χ3n) is 13.5. The predicted molar refractivity (Wildman–Crippen MR) is 255 cm³/mol. The molecule has 1 heteroatoms. The Hall–Kier alpha value is -7.22. The molecule has 12 rings (SSSR count). The van der Waals surface area contributed by atoms with E-state index in [4.69, 9.17) is 0 Å². The number of hydrogen-bond acceptors (Lipinski definition) is 1. The van der Waals surface area contributed by atoms with E-state index in [2.05, 4.69) is 231 Å². The van der Waals surface area contributed by atoms with Gasteiger partial charge in [0.05, 0.1) is 5.41 Å². The Kier molecular flexibility index (Phi) is 8.03. The molecule has 0 unspecified atom stereocenters. The predicted octanol–water partition coefficient (Wildman–Crippen LogP) is 16.0. The number of benzene rings is 9. The van der Waals surface area contributed by atoms with E-state index in [-0.39, 0.29) is 14.3 Å². The second-order valence-corrected chi connectivity index (χ2v) is 16.8. The van der Waals surface area contributed by atoms with Gasteiger partial charge in [0, 0.05) is 23.9 Å². The van der Waals surface area contributed by atoms with E-state index in [1.807, 2.05) is 0 Å². The summed E-state index contributed by atoms with van der Waals surface area (Å²) in [5.41, 5.74) is 23.5. The maximum atomic E-state index is 2.51. The van der Waals surface area contributed by atoms with E-state index in [1.54, 1.807) is 0 Å².